The molecule has 21 heteroatoms. The van der Waals surface area contributed by atoms with Crippen molar-refractivity contribution < 1.29 is 147 Å². The number of rotatable bonds is 11. The Morgan fingerprint density at radius 2 is 1.16 bits per heavy atom. The average molecular weight is 833 g/mol. The molecular weight excluding hydrogens is 810 g/mol. The van der Waals surface area contributed by atoms with Gasteiger partial charge in [0.2, 0.25) is 0 Å². The summed E-state index contributed by atoms with van der Waals surface area (Å²) in [4.78, 5) is 22.2. The monoisotopic (exact) mass is 832 g/mol. The molecule has 268 valence electrons. The maximum Gasteiger partial charge on any atom is 1.00 e. The normalized spacial score (nSPS) is 12.4. The van der Waals surface area contributed by atoms with E-state index in [1.807, 2.05) is 30.3 Å². The van der Waals surface area contributed by atoms with E-state index >= 15 is 0 Å². The van der Waals surface area contributed by atoms with Crippen molar-refractivity contribution in [1.29, 1.82) is 0 Å². The van der Waals surface area contributed by atoms with Gasteiger partial charge in [-0.15, -0.1) is 0 Å². The van der Waals surface area contributed by atoms with Crippen molar-refractivity contribution in [2.45, 2.75) is 27.5 Å². The molecule has 15 nitrogen and oxygen atoms in total. The first-order valence-electron chi connectivity index (χ1n) is 14.9. The van der Waals surface area contributed by atoms with Gasteiger partial charge in [-0.3, -0.25) is 9.59 Å². The zero-order chi connectivity index (χ0) is 37.6. The van der Waals surface area contributed by atoms with Crippen molar-refractivity contribution in [1.82, 2.24) is 5.43 Å². The van der Waals surface area contributed by atoms with Crippen LogP contribution in [0, 0.1) is 0 Å². The van der Waals surface area contributed by atoms with Gasteiger partial charge in [0, 0.05) is 32.3 Å². The summed E-state index contributed by atoms with van der Waals surface area (Å²) in [6.07, 6.45) is 1.28. The van der Waals surface area contributed by atoms with Crippen molar-refractivity contribution >= 4 is 80.8 Å². The molecule has 1 amide bonds. The Bertz CT molecular complexity index is 2720. The van der Waals surface area contributed by atoms with Crippen LogP contribution in [0.25, 0.3) is 32.3 Å². The van der Waals surface area contributed by atoms with E-state index in [-0.39, 0.29) is 132 Å². The number of ether oxygens (including phenoxy) is 2. The van der Waals surface area contributed by atoms with E-state index in [4.69, 9.17) is 9.47 Å². The van der Waals surface area contributed by atoms with E-state index in [0.29, 0.717) is 11.6 Å². The predicted octanol–water partition coefficient (Wildman–Crippen LogP) is -5.45. The van der Waals surface area contributed by atoms with Crippen molar-refractivity contribution in [2.75, 3.05) is 6.61 Å². The number of nitrogens with one attached hydrogen (secondary N) is 1. The molecule has 0 radical (unpaired) electrons. The number of carbonyl (C=O) groups excluding carboxylic acids is 2. The van der Waals surface area contributed by atoms with Gasteiger partial charge in [-0.25, -0.2) is 30.7 Å². The van der Waals surface area contributed by atoms with Gasteiger partial charge in [0.15, 0.2) is 6.61 Å². The van der Waals surface area contributed by atoms with E-state index in [2.05, 4.69) is 10.5 Å². The summed E-state index contributed by atoms with van der Waals surface area (Å²) in [5, 5.41) is 2.33. The number of carbonyl (C=O) groups is 2. The van der Waals surface area contributed by atoms with Gasteiger partial charge >= 0.3 is 94.6 Å². The maximum absolute atomic E-state index is 12.6. The predicted molar refractivity (Wildman–Crippen MR) is 182 cm³/mol. The Hall–Kier alpha value is -2.50. The van der Waals surface area contributed by atoms with Gasteiger partial charge in [0.05, 0.1) is 26.8 Å². The van der Waals surface area contributed by atoms with Crippen LogP contribution in [0.3, 0.4) is 0 Å². The van der Waals surface area contributed by atoms with Crippen molar-refractivity contribution in [2.24, 2.45) is 5.10 Å². The topological polar surface area (TPSA) is 249 Å². The van der Waals surface area contributed by atoms with Gasteiger partial charge in [-0.05, 0) is 60.5 Å². The Morgan fingerprint density at radius 1 is 0.691 bits per heavy atom. The zero-order valence-corrected chi connectivity index (χ0v) is 38.0. The molecule has 6 aromatic rings. The summed E-state index contributed by atoms with van der Waals surface area (Å²) in [6.45, 7) is 0.939. The second-order valence-corrected chi connectivity index (χ2v) is 15.4. The second kappa shape index (κ2) is 18.4. The van der Waals surface area contributed by atoms with Crippen molar-refractivity contribution in [3.05, 3.63) is 102 Å². The SMILES string of the molecule is C[C@@H](C(=O)Oc1ccc(/C=N\NC(=O)COc2cc(S(=O)(=O)[O-])c3ccc4c(S(=O)(=O)[O-])cc(S(=O)(=O)[O-])c5ccc2c3c54)cc1)c1ccccc1.[Na+].[Na+].[Na+]. The molecule has 0 unspecified atom stereocenters. The van der Waals surface area contributed by atoms with Crippen molar-refractivity contribution in [3.63, 3.8) is 0 Å². The number of hydrogen-bond donors (Lipinski definition) is 1. The number of esters is 1. The Kier molecular flexibility index (Phi) is 15.7. The molecule has 0 spiro atoms. The molecule has 0 aliphatic carbocycles. The Morgan fingerprint density at radius 3 is 1.67 bits per heavy atom. The first kappa shape index (κ1) is 46.9. The minimum atomic E-state index is -5.38. The third kappa shape index (κ3) is 10.3. The van der Waals surface area contributed by atoms with Gasteiger partial charge < -0.3 is 23.1 Å². The summed E-state index contributed by atoms with van der Waals surface area (Å²) in [7, 11) is -16.0. The molecule has 6 rings (SSSR count). The van der Waals surface area contributed by atoms with E-state index in [1.165, 1.54) is 24.4 Å². The van der Waals surface area contributed by atoms with Crippen LogP contribution >= 0.6 is 0 Å². The van der Waals surface area contributed by atoms with Crippen LogP contribution in [0.15, 0.2) is 111 Å². The number of amides is 1. The fourth-order valence-corrected chi connectivity index (χ4v) is 7.83. The van der Waals surface area contributed by atoms with Crippen LogP contribution in [0.5, 0.6) is 11.5 Å². The largest absolute Gasteiger partial charge is 1.00 e. The number of hydrogen-bond acceptors (Lipinski definition) is 14. The summed E-state index contributed by atoms with van der Waals surface area (Å²) >= 11 is 0. The fourth-order valence-electron chi connectivity index (χ4n) is 5.66. The molecule has 1 N–H and O–H groups in total. The van der Waals surface area contributed by atoms with Gasteiger partial charge in [0.1, 0.15) is 41.9 Å². The summed E-state index contributed by atoms with van der Waals surface area (Å²) in [6, 6.07) is 21.0. The third-order valence-electron chi connectivity index (χ3n) is 8.07. The molecular formula is C34H23N2Na3O13S3. The van der Waals surface area contributed by atoms with Crippen molar-refractivity contribution in [3.8, 4) is 11.5 Å². The van der Waals surface area contributed by atoms with E-state index < -0.39 is 69.4 Å². The molecule has 0 aliphatic rings. The van der Waals surface area contributed by atoms with Crippen LogP contribution in [0.2, 0.25) is 0 Å². The minimum absolute atomic E-state index is 0. The molecule has 0 bridgehead atoms. The standard InChI is InChI=1S/C34H26N2O13S3.3Na/c1-19(21-5-3-2-4-6-21)34(38)49-22-9-7-20(8-10-22)17-35-36-31(37)18-48-27-15-28(50(39,40)41)24-13-14-26-30(52(45,46)47)16-29(51(42,43)44)25-12-11-23(27)32(24)33(25)26;;;/h2-17,19H,18H2,1H3,(H,36,37)(H,39,40,41)(H,42,43,44)(H,45,46,47);;;/q;3*+1/p-3/b35-17-;;;/t19-;;;/m1.../s1. The quantitative estimate of drug-likeness (QED) is 0.0244. The number of nitrogens with zero attached hydrogens (tertiary/aromatic N) is 1. The molecule has 0 aromatic heterocycles. The summed E-state index contributed by atoms with van der Waals surface area (Å²) < 4.78 is 121. The van der Waals surface area contributed by atoms with E-state index in [0.717, 1.165) is 29.8 Å². The molecule has 55 heavy (non-hydrogen) atoms. The molecule has 0 fully saturated rings. The van der Waals surface area contributed by atoms with Gasteiger partial charge in [-0.1, -0.05) is 48.5 Å². The average Bonchev–Trinajstić information content (AvgIpc) is 3.08. The second-order valence-electron chi connectivity index (χ2n) is 11.4. The van der Waals surface area contributed by atoms with Crippen LogP contribution in [-0.2, 0) is 39.9 Å². The minimum Gasteiger partial charge on any atom is -0.744 e. The Balaban J connectivity index is 0.00000271. The smallest absolute Gasteiger partial charge is 0.744 e. The first-order chi connectivity index (χ1) is 24.4. The summed E-state index contributed by atoms with van der Waals surface area (Å²) in [5.41, 5.74) is 3.51. The molecule has 6 aromatic carbocycles. The van der Waals surface area contributed by atoms with E-state index in [1.54, 1.807) is 19.1 Å². The summed E-state index contributed by atoms with van der Waals surface area (Å²) in [5.74, 6) is -1.86. The van der Waals surface area contributed by atoms with Crippen LogP contribution in [-0.4, -0.2) is 63.6 Å². The first-order valence-corrected chi connectivity index (χ1v) is 19.1. The van der Waals surface area contributed by atoms with Crippen LogP contribution in [0.4, 0.5) is 0 Å². The zero-order valence-electron chi connectivity index (χ0n) is 29.5. The maximum atomic E-state index is 12.6. The number of benzene rings is 6. The molecule has 0 saturated heterocycles. The van der Waals surface area contributed by atoms with Crippen LogP contribution in [0.1, 0.15) is 24.0 Å². The van der Waals surface area contributed by atoms with Gasteiger partial charge in [0.25, 0.3) is 5.91 Å². The third-order valence-corrected chi connectivity index (χ3v) is 10.7. The van der Waals surface area contributed by atoms with E-state index in [9.17, 15) is 48.5 Å². The van der Waals surface area contributed by atoms with Gasteiger partial charge in [-0.2, -0.15) is 5.10 Å². The fraction of sp³-hybridized carbons (Fsp3) is 0.0882. The van der Waals surface area contributed by atoms with Crippen LogP contribution < -0.4 is 104 Å². The molecule has 1 atom stereocenters. The molecule has 0 saturated carbocycles. The Labute approximate surface area is 381 Å². The molecule has 0 heterocycles. The number of hydrazone groups is 1. The molecule has 0 aliphatic heterocycles.